The molecule has 25 heavy (non-hydrogen) atoms. The van der Waals surface area contributed by atoms with Crippen molar-refractivity contribution in [3.8, 4) is 0 Å². The second-order valence-corrected chi connectivity index (χ2v) is 8.88. The van der Waals surface area contributed by atoms with Crippen LogP contribution in [-0.2, 0) is 4.74 Å². The first-order valence-electron chi connectivity index (χ1n) is 8.17. The maximum atomic E-state index is 14.7. The van der Waals surface area contributed by atoms with E-state index in [4.69, 9.17) is 27.9 Å². The summed E-state index contributed by atoms with van der Waals surface area (Å²) >= 11 is 12.9. The zero-order valence-corrected chi connectivity index (χ0v) is 14.8. The highest BCUT2D eigenvalue weighted by Gasteiger charge is 2.83. The van der Waals surface area contributed by atoms with Crippen LogP contribution in [-0.4, -0.2) is 22.0 Å². The molecule has 1 aromatic rings. The average Bonchev–Trinajstić information content (AvgIpc) is 2.86. The van der Waals surface area contributed by atoms with Gasteiger partial charge in [0.25, 0.3) is 0 Å². The first-order chi connectivity index (χ1) is 11.6. The quantitative estimate of drug-likeness (QED) is 0.151. The number of hydrogen-bond donors (Lipinski definition) is 0. The van der Waals surface area contributed by atoms with Gasteiger partial charge in [-0.15, -0.1) is 23.2 Å². The van der Waals surface area contributed by atoms with Gasteiger partial charge in [-0.1, -0.05) is 12.2 Å². The van der Waals surface area contributed by atoms with E-state index < -0.39 is 57.1 Å². The molecule has 0 N–H and O–H groups in total. The van der Waals surface area contributed by atoms with Crippen LogP contribution in [0.1, 0.15) is 36.8 Å². The maximum absolute atomic E-state index is 14.7. The molecule has 1 saturated carbocycles. The van der Waals surface area contributed by atoms with Gasteiger partial charge in [-0.3, -0.25) is 0 Å². The number of epoxide rings is 1. The summed E-state index contributed by atoms with van der Waals surface area (Å²) in [6, 6.07) is 0. The van der Waals surface area contributed by atoms with Crippen molar-refractivity contribution in [3.63, 3.8) is 0 Å². The lowest BCUT2D eigenvalue weighted by Gasteiger charge is -2.38. The number of hydrogen-bond acceptors (Lipinski definition) is 1. The van der Waals surface area contributed by atoms with E-state index in [0.717, 1.165) is 0 Å². The first-order valence-corrected chi connectivity index (χ1v) is 9.04. The Morgan fingerprint density at radius 1 is 0.800 bits per heavy atom. The monoisotopic (exact) mass is 392 g/mol. The van der Waals surface area contributed by atoms with Gasteiger partial charge in [-0.05, 0) is 25.7 Å². The van der Waals surface area contributed by atoms with Crippen LogP contribution < -0.4 is 0 Å². The van der Waals surface area contributed by atoms with Gasteiger partial charge < -0.3 is 4.74 Å². The summed E-state index contributed by atoms with van der Waals surface area (Å²) in [4.78, 5) is 0. The summed E-state index contributed by atoms with van der Waals surface area (Å²) in [5.74, 6) is -8.22. The van der Waals surface area contributed by atoms with E-state index in [-0.39, 0.29) is 23.0 Å². The average molecular weight is 393 g/mol. The van der Waals surface area contributed by atoms with E-state index in [1.165, 1.54) is 0 Å². The van der Waals surface area contributed by atoms with Crippen molar-refractivity contribution in [2.45, 2.75) is 47.6 Å². The number of fused-ring (bicyclic) bond motifs is 6. The van der Waals surface area contributed by atoms with E-state index in [2.05, 4.69) is 0 Å². The Balaban J connectivity index is 1.84. The Morgan fingerprint density at radius 2 is 1.16 bits per heavy atom. The van der Waals surface area contributed by atoms with Crippen molar-refractivity contribution in [2.24, 2.45) is 11.8 Å². The van der Waals surface area contributed by atoms with Crippen LogP contribution in [0, 0.1) is 35.1 Å². The lowest BCUT2D eigenvalue weighted by molar-refractivity contribution is 0.251. The van der Waals surface area contributed by atoms with Crippen LogP contribution in [0.25, 0.3) is 0 Å². The van der Waals surface area contributed by atoms with E-state index in [9.17, 15) is 17.6 Å². The van der Waals surface area contributed by atoms with Gasteiger partial charge in [-0.2, -0.15) is 0 Å². The molecule has 7 heteroatoms. The Bertz CT molecular complexity index is 795. The zero-order valence-electron chi connectivity index (χ0n) is 13.3. The molecule has 1 heterocycles. The summed E-state index contributed by atoms with van der Waals surface area (Å²) < 4.78 is 63.2. The second-order valence-electron chi connectivity index (χ2n) is 7.87. The van der Waals surface area contributed by atoms with Crippen LogP contribution >= 0.6 is 23.2 Å². The Kier molecular flexibility index (Phi) is 2.98. The van der Waals surface area contributed by atoms with Crippen molar-refractivity contribution in [1.82, 2.24) is 0 Å². The van der Waals surface area contributed by atoms with E-state index >= 15 is 0 Å². The number of benzene rings is 1. The largest absolute Gasteiger partial charge is 0.362 e. The van der Waals surface area contributed by atoms with Gasteiger partial charge in [-0.25, -0.2) is 17.6 Å². The summed E-state index contributed by atoms with van der Waals surface area (Å²) in [6.07, 6.45) is 3.47. The summed E-state index contributed by atoms with van der Waals surface area (Å²) in [6.45, 7) is 3.64. The van der Waals surface area contributed by atoms with Gasteiger partial charge in [0.05, 0.1) is 16.4 Å². The first kappa shape index (κ1) is 16.4. The van der Waals surface area contributed by atoms with E-state index in [0.29, 0.717) is 0 Å². The number of rotatable bonds is 0. The fourth-order valence-electron chi connectivity index (χ4n) is 5.83. The van der Waals surface area contributed by atoms with Crippen LogP contribution in [0.4, 0.5) is 17.6 Å². The number of ether oxygens (including phenoxy) is 1. The van der Waals surface area contributed by atoms with E-state index in [1.54, 1.807) is 12.2 Å². The highest BCUT2D eigenvalue weighted by Crippen LogP contribution is 2.79. The Labute approximate surface area is 151 Å². The number of allylic oxidation sites excluding steroid dienone is 2. The topological polar surface area (TPSA) is 12.5 Å². The fraction of sp³-hybridized carbons (Fsp3) is 0.556. The minimum absolute atomic E-state index is 0.127. The zero-order chi connectivity index (χ0) is 18.0. The van der Waals surface area contributed by atoms with Gasteiger partial charge >= 0.3 is 0 Å². The summed E-state index contributed by atoms with van der Waals surface area (Å²) in [5, 5.41) is -0.925. The van der Waals surface area contributed by atoms with Gasteiger partial charge in [0, 0.05) is 23.0 Å². The molecule has 0 unspecified atom stereocenters. The lowest BCUT2D eigenvalue weighted by Crippen LogP contribution is -2.37. The third kappa shape index (κ3) is 1.58. The highest BCUT2D eigenvalue weighted by atomic mass is 35.5. The van der Waals surface area contributed by atoms with Crippen molar-refractivity contribution in [2.75, 3.05) is 0 Å². The molecule has 2 fully saturated rings. The molecule has 6 atom stereocenters. The molecule has 1 aliphatic heterocycles. The van der Waals surface area contributed by atoms with Crippen molar-refractivity contribution in [1.29, 1.82) is 0 Å². The molecule has 0 radical (unpaired) electrons. The molecule has 0 amide bonds. The Morgan fingerprint density at radius 3 is 1.48 bits per heavy atom. The molecule has 0 aromatic heterocycles. The van der Waals surface area contributed by atoms with Crippen LogP contribution in [0.3, 0.4) is 0 Å². The normalized spacial score (nSPS) is 45.0. The standard InChI is InChI=1S/C18H14Cl2F4O/c1-17(2)18(25-17)11-7-5(19)3-4-6(20)8(7)12(18)10-9(11)13(21)15(23)16(24)14(10)22/h3-8,11-12H,1-2H3/t5-,6-,7-,8-,11-,12-/m1/s1. The molecule has 1 spiro atoms. The third-order valence-corrected chi connectivity index (χ3v) is 7.51. The smallest absolute Gasteiger partial charge is 0.197 e. The van der Waals surface area contributed by atoms with Crippen molar-refractivity contribution >= 4 is 23.2 Å². The lowest BCUT2D eigenvalue weighted by atomic mass is 9.70. The molecule has 5 rings (SSSR count). The van der Waals surface area contributed by atoms with E-state index in [1.807, 2.05) is 13.8 Å². The predicted molar refractivity (Wildman–Crippen MR) is 85.1 cm³/mol. The Hall–Kier alpha value is -0.780. The molecule has 4 aliphatic rings. The molecular weight excluding hydrogens is 379 g/mol. The number of halogens is 6. The predicted octanol–water partition coefficient (Wildman–Crippen LogP) is 5.00. The molecule has 1 nitrogen and oxygen atoms in total. The molecule has 3 aliphatic carbocycles. The molecule has 1 saturated heterocycles. The van der Waals surface area contributed by atoms with Crippen LogP contribution in [0.15, 0.2) is 12.2 Å². The van der Waals surface area contributed by atoms with Crippen molar-refractivity contribution in [3.05, 3.63) is 46.5 Å². The fourth-order valence-corrected chi connectivity index (χ4v) is 6.63. The third-order valence-electron chi connectivity index (χ3n) is 6.64. The number of alkyl halides is 2. The maximum Gasteiger partial charge on any atom is 0.197 e. The highest BCUT2D eigenvalue weighted by molar-refractivity contribution is 6.24. The molecular formula is C18H14Cl2F4O. The van der Waals surface area contributed by atoms with Crippen LogP contribution in [0.2, 0.25) is 0 Å². The van der Waals surface area contributed by atoms with Gasteiger partial charge in [0.1, 0.15) is 5.60 Å². The van der Waals surface area contributed by atoms with Crippen LogP contribution in [0.5, 0.6) is 0 Å². The molecule has 1 aromatic carbocycles. The van der Waals surface area contributed by atoms with Crippen molar-refractivity contribution < 1.29 is 22.3 Å². The minimum Gasteiger partial charge on any atom is -0.362 e. The van der Waals surface area contributed by atoms with Gasteiger partial charge in [0.15, 0.2) is 23.3 Å². The minimum atomic E-state index is -1.78. The van der Waals surface area contributed by atoms with Gasteiger partial charge in [0.2, 0.25) is 0 Å². The summed E-state index contributed by atoms with van der Waals surface area (Å²) in [7, 11) is 0. The molecule has 2 bridgehead atoms. The molecule has 134 valence electrons. The summed E-state index contributed by atoms with van der Waals surface area (Å²) in [5.41, 5.74) is -1.87. The SMILES string of the molecule is CC1(C)OC12[C@H]1c3c(F)c(F)c(F)c(F)c3[C@H]2[C@H]2[C@H]1[C@H](Cl)C=C[C@H]2Cl. The second kappa shape index (κ2) is 4.55.